The molecule has 0 aromatic rings. The fourth-order valence-electron chi connectivity index (χ4n) is 1.02. The molecule has 0 radical (unpaired) electrons. The minimum atomic E-state index is -0.945. The maximum atomic E-state index is 10.1. The van der Waals surface area contributed by atoms with Crippen molar-refractivity contribution in [2.45, 2.75) is 25.7 Å². The molecule has 90 valence electrons. The monoisotopic (exact) mass is 220 g/mol. The van der Waals surface area contributed by atoms with E-state index in [2.05, 4.69) is 0 Å². The maximum absolute atomic E-state index is 10.1. The lowest BCUT2D eigenvalue weighted by Crippen LogP contribution is -2.09. The summed E-state index contributed by atoms with van der Waals surface area (Å²) in [5, 5.41) is 16.8. The van der Waals surface area contributed by atoms with Crippen LogP contribution < -0.4 is 0 Å². The van der Waals surface area contributed by atoms with Gasteiger partial charge >= 0.3 is 5.97 Å². The van der Waals surface area contributed by atoms with Crippen molar-refractivity contribution < 1.29 is 24.5 Å². The molecule has 0 unspecified atom stereocenters. The number of aliphatic hydroxyl groups excluding tert-OH is 1. The minimum Gasteiger partial charge on any atom is -0.480 e. The Morgan fingerprint density at radius 1 is 0.933 bits per heavy atom. The third-order valence-electron chi connectivity index (χ3n) is 1.75. The lowest BCUT2D eigenvalue weighted by atomic mass is 10.2. The summed E-state index contributed by atoms with van der Waals surface area (Å²) in [7, 11) is 0. The molecule has 0 rings (SSSR count). The van der Waals surface area contributed by atoms with E-state index in [4.69, 9.17) is 19.7 Å². The number of hydrogen-bond donors (Lipinski definition) is 2. The summed E-state index contributed by atoms with van der Waals surface area (Å²) < 4.78 is 10.1. The van der Waals surface area contributed by atoms with E-state index < -0.39 is 5.97 Å². The van der Waals surface area contributed by atoms with E-state index in [9.17, 15) is 4.79 Å². The highest BCUT2D eigenvalue weighted by Crippen LogP contribution is 1.95. The number of unbranched alkanes of at least 4 members (excludes halogenated alkanes) is 2. The molecule has 0 spiro atoms. The van der Waals surface area contributed by atoms with Gasteiger partial charge in [0.1, 0.15) is 6.61 Å². The lowest BCUT2D eigenvalue weighted by molar-refractivity contribution is -0.142. The summed E-state index contributed by atoms with van der Waals surface area (Å²) >= 11 is 0. The molecule has 0 aliphatic rings. The summed E-state index contributed by atoms with van der Waals surface area (Å²) in [5.74, 6) is -0.945. The minimum absolute atomic E-state index is 0.239. The van der Waals surface area contributed by atoms with Crippen LogP contribution in [0.5, 0.6) is 0 Å². The number of rotatable bonds is 11. The van der Waals surface area contributed by atoms with Crippen molar-refractivity contribution in [3.05, 3.63) is 0 Å². The van der Waals surface area contributed by atoms with Crippen LogP contribution in [0.15, 0.2) is 0 Å². The van der Waals surface area contributed by atoms with E-state index in [0.717, 1.165) is 19.3 Å². The van der Waals surface area contributed by atoms with Gasteiger partial charge in [0.25, 0.3) is 0 Å². The predicted molar refractivity (Wildman–Crippen MR) is 54.8 cm³/mol. The normalized spacial score (nSPS) is 10.5. The molecule has 0 bridgehead atoms. The number of aliphatic hydroxyl groups is 1. The van der Waals surface area contributed by atoms with E-state index in [-0.39, 0.29) is 13.2 Å². The highest BCUT2D eigenvalue weighted by Gasteiger charge is 1.95. The highest BCUT2D eigenvalue weighted by molar-refractivity contribution is 5.67. The number of carboxylic acid groups (broad SMARTS) is 1. The highest BCUT2D eigenvalue weighted by atomic mass is 16.5. The molecule has 15 heavy (non-hydrogen) atoms. The Balaban J connectivity index is 2.89. The first-order valence-electron chi connectivity index (χ1n) is 5.25. The molecule has 0 saturated carbocycles. The molecule has 5 nitrogen and oxygen atoms in total. The largest absolute Gasteiger partial charge is 0.480 e. The first-order valence-corrected chi connectivity index (χ1v) is 5.25. The summed E-state index contributed by atoms with van der Waals surface area (Å²) in [6.45, 7) is 1.71. The molecule has 0 saturated heterocycles. The predicted octanol–water partition coefficient (Wildman–Crippen LogP) is 0.657. The standard InChI is InChI=1S/C10H20O5/c11-5-2-1-3-6-14-7-4-8-15-9-10(12)13/h11H,1-9H2,(H,12,13). The van der Waals surface area contributed by atoms with Crippen LogP contribution in [0.25, 0.3) is 0 Å². The Bertz CT molecular complexity index is 149. The van der Waals surface area contributed by atoms with Gasteiger partial charge in [0.05, 0.1) is 0 Å². The molecule has 5 heteroatoms. The van der Waals surface area contributed by atoms with Gasteiger partial charge in [0, 0.05) is 26.4 Å². The van der Waals surface area contributed by atoms with Gasteiger partial charge in [-0.2, -0.15) is 0 Å². The number of carboxylic acids is 1. The van der Waals surface area contributed by atoms with E-state index in [1.807, 2.05) is 0 Å². The van der Waals surface area contributed by atoms with Gasteiger partial charge in [-0.3, -0.25) is 0 Å². The average Bonchev–Trinajstić information content (AvgIpc) is 2.20. The second kappa shape index (κ2) is 11.4. The van der Waals surface area contributed by atoms with Crippen LogP contribution >= 0.6 is 0 Å². The molecule has 0 aliphatic carbocycles. The van der Waals surface area contributed by atoms with Crippen molar-refractivity contribution in [2.24, 2.45) is 0 Å². The number of carbonyl (C=O) groups is 1. The molecule has 0 aromatic heterocycles. The molecule has 0 fully saturated rings. The first-order chi connectivity index (χ1) is 7.27. The van der Waals surface area contributed by atoms with Crippen LogP contribution in [0.3, 0.4) is 0 Å². The van der Waals surface area contributed by atoms with Gasteiger partial charge in [0.2, 0.25) is 0 Å². The van der Waals surface area contributed by atoms with Crippen molar-refractivity contribution >= 4 is 5.97 Å². The molecular weight excluding hydrogens is 200 g/mol. The first kappa shape index (κ1) is 14.3. The fraction of sp³-hybridized carbons (Fsp3) is 0.900. The van der Waals surface area contributed by atoms with Crippen LogP contribution in [0.2, 0.25) is 0 Å². The summed E-state index contributed by atoms with van der Waals surface area (Å²) in [6, 6.07) is 0. The number of ether oxygens (including phenoxy) is 2. The van der Waals surface area contributed by atoms with Gasteiger partial charge in [-0.15, -0.1) is 0 Å². The zero-order valence-corrected chi connectivity index (χ0v) is 8.98. The Morgan fingerprint density at radius 3 is 2.27 bits per heavy atom. The quantitative estimate of drug-likeness (QED) is 0.500. The van der Waals surface area contributed by atoms with E-state index >= 15 is 0 Å². The van der Waals surface area contributed by atoms with E-state index in [1.54, 1.807) is 0 Å². The van der Waals surface area contributed by atoms with Crippen molar-refractivity contribution in [2.75, 3.05) is 33.0 Å². The molecule has 0 aromatic carbocycles. The molecule has 2 N–H and O–H groups in total. The zero-order valence-electron chi connectivity index (χ0n) is 8.98. The van der Waals surface area contributed by atoms with Crippen LogP contribution in [0.4, 0.5) is 0 Å². The van der Waals surface area contributed by atoms with Gasteiger partial charge in [-0.05, 0) is 25.7 Å². The second-order valence-corrected chi connectivity index (χ2v) is 3.20. The van der Waals surface area contributed by atoms with Crippen LogP contribution in [-0.4, -0.2) is 49.2 Å². The van der Waals surface area contributed by atoms with Crippen molar-refractivity contribution in [1.82, 2.24) is 0 Å². The molecular formula is C10H20O5. The van der Waals surface area contributed by atoms with Crippen LogP contribution in [-0.2, 0) is 14.3 Å². The Hall–Kier alpha value is -0.650. The summed E-state index contributed by atoms with van der Waals surface area (Å²) in [5.41, 5.74) is 0. The number of aliphatic carboxylic acids is 1. The van der Waals surface area contributed by atoms with Crippen LogP contribution in [0.1, 0.15) is 25.7 Å². The smallest absolute Gasteiger partial charge is 0.329 e. The zero-order chi connectivity index (χ0) is 11.4. The van der Waals surface area contributed by atoms with Crippen molar-refractivity contribution in [3.63, 3.8) is 0 Å². The molecule has 0 amide bonds. The fourth-order valence-corrected chi connectivity index (χ4v) is 1.02. The van der Waals surface area contributed by atoms with Crippen molar-refractivity contribution in [3.8, 4) is 0 Å². The number of hydrogen-bond acceptors (Lipinski definition) is 4. The summed E-state index contributed by atoms with van der Waals surface area (Å²) in [6.07, 6.45) is 3.47. The third kappa shape index (κ3) is 13.3. The second-order valence-electron chi connectivity index (χ2n) is 3.20. The molecule has 0 heterocycles. The van der Waals surface area contributed by atoms with Gasteiger partial charge in [0.15, 0.2) is 0 Å². The molecule has 0 aliphatic heterocycles. The van der Waals surface area contributed by atoms with Gasteiger partial charge < -0.3 is 19.7 Å². The SMILES string of the molecule is O=C(O)COCCCOCCCCCO. The molecule has 0 atom stereocenters. The maximum Gasteiger partial charge on any atom is 0.329 e. The van der Waals surface area contributed by atoms with Crippen LogP contribution in [0, 0.1) is 0 Å². The Labute approximate surface area is 90.0 Å². The van der Waals surface area contributed by atoms with Crippen molar-refractivity contribution in [1.29, 1.82) is 0 Å². The van der Waals surface area contributed by atoms with Gasteiger partial charge in [-0.1, -0.05) is 0 Å². The summed E-state index contributed by atoms with van der Waals surface area (Å²) in [4.78, 5) is 10.1. The topological polar surface area (TPSA) is 76.0 Å². The lowest BCUT2D eigenvalue weighted by Gasteiger charge is -2.03. The van der Waals surface area contributed by atoms with E-state index in [1.165, 1.54) is 0 Å². The van der Waals surface area contributed by atoms with E-state index in [0.29, 0.717) is 26.2 Å². The average molecular weight is 220 g/mol. The Morgan fingerprint density at radius 2 is 1.60 bits per heavy atom. The van der Waals surface area contributed by atoms with Gasteiger partial charge in [-0.25, -0.2) is 4.79 Å². The third-order valence-corrected chi connectivity index (χ3v) is 1.75. The Kier molecular flexibility index (Phi) is 10.9.